The Kier molecular flexibility index (Phi) is 10.5. The smallest absolute Gasteiger partial charge is 0.00851 e. The van der Waals surface area contributed by atoms with Gasteiger partial charge in [0.2, 0.25) is 0 Å². The van der Waals surface area contributed by atoms with Crippen LogP contribution in [0.4, 0.5) is 0 Å². The summed E-state index contributed by atoms with van der Waals surface area (Å²) in [6.07, 6.45) is 33.8. The summed E-state index contributed by atoms with van der Waals surface area (Å²) in [5.74, 6) is 5.92. The molecule has 8 atom stereocenters. The Morgan fingerprint density at radius 2 is 1.44 bits per heavy atom. The van der Waals surface area contributed by atoms with Crippen LogP contribution in [0.1, 0.15) is 169 Å². The maximum atomic E-state index is 2.79. The molecule has 0 spiro atoms. The summed E-state index contributed by atoms with van der Waals surface area (Å²) in [7, 11) is 0. The number of unbranched alkanes of at least 4 members (excludes halogenated alkanes) is 10. The van der Waals surface area contributed by atoms with Crippen molar-refractivity contribution in [2.45, 2.75) is 169 Å². The second-order valence-electron chi connectivity index (χ2n) is 14.8. The fraction of sp³-hybridized carbons (Fsp3) is 0.944. The molecule has 0 radical (unpaired) electrons. The molecule has 4 rings (SSSR count). The van der Waals surface area contributed by atoms with Gasteiger partial charge in [-0.05, 0) is 97.7 Å². The molecule has 0 aromatic carbocycles. The average molecular weight is 497 g/mol. The van der Waals surface area contributed by atoms with E-state index in [9.17, 15) is 0 Å². The fourth-order valence-electron chi connectivity index (χ4n) is 10.4. The van der Waals surface area contributed by atoms with E-state index in [0.29, 0.717) is 10.8 Å². The quantitative estimate of drug-likeness (QED) is 0.166. The highest BCUT2D eigenvalue weighted by Crippen LogP contribution is 2.67. The highest BCUT2D eigenvalue weighted by Gasteiger charge is 2.58. The van der Waals surface area contributed by atoms with Gasteiger partial charge in [-0.1, -0.05) is 130 Å². The van der Waals surface area contributed by atoms with Crippen molar-refractivity contribution >= 4 is 0 Å². The molecule has 0 aromatic heterocycles. The lowest BCUT2D eigenvalue weighted by molar-refractivity contribution is -0.0527. The third-order valence-corrected chi connectivity index (χ3v) is 12.8. The minimum atomic E-state index is 0.551. The summed E-state index contributed by atoms with van der Waals surface area (Å²) in [5, 5.41) is 0. The van der Waals surface area contributed by atoms with Gasteiger partial charge in [0.15, 0.2) is 0 Å². The molecule has 36 heavy (non-hydrogen) atoms. The Hall–Kier alpha value is -0.260. The van der Waals surface area contributed by atoms with Crippen molar-refractivity contribution in [1.82, 2.24) is 0 Å². The summed E-state index contributed by atoms with van der Waals surface area (Å²) in [5.41, 5.74) is 3.08. The van der Waals surface area contributed by atoms with E-state index >= 15 is 0 Å². The molecule has 0 aliphatic heterocycles. The van der Waals surface area contributed by atoms with Crippen LogP contribution in [0.3, 0.4) is 0 Å². The first kappa shape index (κ1) is 28.7. The zero-order valence-corrected chi connectivity index (χ0v) is 25.4. The van der Waals surface area contributed by atoms with E-state index in [4.69, 9.17) is 0 Å². The zero-order valence-electron chi connectivity index (χ0n) is 25.4. The van der Waals surface area contributed by atoms with Gasteiger partial charge < -0.3 is 0 Å². The molecule has 4 aliphatic carbocycles. The van der Waals surface area contributed by atoms with Gasteiger partial charge in [0, 0.05) is 0 Å². The van der Waals surface area contributed by atoms with Gasteiger partial charge in [0.05, 0.1) is 0 Å². The largest absolute Gasteiger partial charge is 0.0845 e. The van der Waals surface area contributed by atoms with Crippen LogP contribution in [0.25, 0.3) is 0 Å². The lowest BCUT2D eigenvalue weighted by Crippen LogP contribution is -2.50. The Morgan fingerprint density at radius 1 is 0.778 bits per heavy atom. The fourth-order valence-corrected chi connectivity index (χ4v) is 10.4. The standard InChI is InChI=1S/C36H64/c1-6-8-9-10-11-12-13-14-15-16-17-18-28(3)32-21-22-33-31-20-19-30-27-29(7-2)23-25-35(30,4)34(31)24-26-36(32,33)5/h19,28-29,31-34H,6-18,20-27H2,1-5H3/t28-,29+,31?,32-,33+,34+,35+,36-/m1/s1. The second-order valence-corrected chi connectivity index (χ2v) is 14.8. The summed E-state index contributed by atoms with van der Waals surface area (Å²) in [6, 6.07) is 0. The second kappa shape index (κ2) is 13.2. The predicted octanol–water partition coefficient (Wildman–Crippen LogP) is 11.9. The summed E-state index contributed by atoms with van der Waals surface area (Å²) >= 11 is 0. The van der Waals surface area contributed by atoms with Crippen molar-refractivity contribution in [2.24, 2.45) is 46.3 Å². The van der Waals surface area contributed by atoms with Crippen LogP contribution < -0.4 is 0 Å². The van der Waals surface area contributed by atoms with Gasteiger partial charge >= 0.3 is 0 Å². The van der Waals surface area contributed by atoms with E-state index in [1.165, 1.54) is 128 Å². The Morgan fingerprint density at radius 3 is 2.11 bits per heavy atom. The van der Waals surface area contributed by atoms with E-state index in [1.807, 2.05) is 5.57 Å². The molecule has 3 saturated carbocycles. The normalized spacial score (nSPS) is 38.7. The predicted molar refractivity (Wildman–Crippen MR) is 159 cm³/mol. The van der Waals surface area contributed by atoms with E-state index in [1.54, 1.807) is 6.42 Å². The molecule has 0 amide bonds. The monoisotopic (exact) mass is 497 g/mol. The average Bonchev–Trinajstić information content (AvgIpc) is 3.24. The maximum Gasteiger partial charge on any atom is -0.00851 e. The zero-order chi connectivity index (χ0) is 25.6. The molecule has 3 fully saturated rings. The van der Waals surface area contributed by atoms with Crippen LogP contribution in [0.5, 0.6) is 0 Å². The number of fused-ring (bicyclic) bond motifs is 5. The van der Waals surface area contributed by atoms with Crippen molar-refractivity contribution in [1.29, 1.82) is 0 Å². The summed E-state index contributed by atoms with van der Waals surface area (Å²) in [6.45, 7) is 12.8. The lowest BCUT2D eigenvalue weighted by atomic mass is 9.46. The number of hydrogen-bond acceptors (Lipinski definition) is 0. The molecule has 0 heterocycles. The van der Waals surface area contributed by atoms with Gasteiger partial charge in [-0.15, -0.1) is 0 Å². The van der Waals surface area contributed by atoms with Crippen molar-refractivity contribution in [3.05, 3.63) is 11.6 Å². The van der Waals surface area contributed by atoms with Crippen molar-refractivity contribution < 1.29 is 0 Å². The lowest BCUT2D eigenvalue weighted by Gasteiger charge is -2.58. The first-order chi connectivity index (χ1) is 17.4. The SMILES string of the molecule is CCCCCCCCCCCCC[C@@H](C)[C@H]1CC[C@H]2C3CC=C4C[C@@H](CC)CC[C@]4(C)[C@H]3CC[C@]12C. The summed E-state index contributed by atoms with van der Waals surface area (Å²) in [4.78, 5) is 0. The van der Waals surface area contributed by atoms with Crippen LogP contribution in [-0.4, -0.2) is 0 Å². The topological polar surface area (TPSA) is 0 Å². The Bertz CT molecular complexity index is 688. The first-order valence-corrected chi connectivity index (χ1v) is 17.1. The third kappa shape index (κ3) is 6.14. The highest BCUT2D eigenvalue weighted by atomic mass is 14.6. The number of allylic oxidation sites excluding steroid dienone is 2. The third-order valence-electron chi connectivity index (χ3n) is 12.8. The van der Waals surface area contributed by atoms with Crippen molar-refractivity contribution in [3.8, 4) is 0 Å². The van der Waals surface area contributed by atoms with Crippen molar-refractivity contribution in [2.75, 3.05) is 0 Å². The minimum absolute atomic E-state index is 0.551. The molecule has 208 valence electrons. The van der Waals surface area contributed by atoms with Crippen LogP contribution in [0, 0.1) is 46.3 Å². The maximum absolute atomic E-state index is 2.79. The Balaban J connectivity index is 1.21. The van der Waals surface area contributed by atoms with E-state index < -0.39 is 0 Å². The van der Waals surface area contributed by atoms with Crippen LogP contribution in [0.2, 0.25) is 0 Å². The molecule has 4 aliphatic rings. The molecule has 0 bridgehead atoms. The molecule has 0 aromatic rings. The number of hydrogen-bond donors (Lipinski definition) is 0. The van der Waals surface area contributed by atoms with E-state index in [2.05, 4.69) is 40.7 Å². The molecule has 0 nitrogen and oxygen atoms in total. The van der Waals surface area contributed by atoms with Gasteiger partial charge in [-0.25, -0.2) is 0 Å². The van der Waals surface area contributed by atoms with Gasteiger partial charge in [0.1, 0.15) is 0 Å². The molecular weight excluding hydrogens is 432 g/mol. The van der Waals surface area contributed by atoms with Crippen molar-refractivity contribution in [3.63, 3.8) is 0 Å². The van der Waals surface area contributed by atoms with Crippen LogP contribution in [0.15, 0.2) is 11.6 Å². The molecule has 0 saturated heterocycles. The molecule has 0 heteroatoms. The first-order valence-electron chi connectivity index (χ1n) is 17.1. The van der Waals surface area contributed by atoms with E-state index in [-0.39, 0.29) is 0 Å². The van der Waals surface area contributed by atoms with Gasteiger partial charge in [0.25, 0.3) is 0 Å². The Labute approximate surface area is 227 Å². The summed E-state index contributed by atoms with van der Waals surface area (Å²) < 4.78 is 0. The number of rotatable bonds is 14. The minimum Gasteiger partial charge on any atom is -0.0845 e. The van der Waals surface area contributed by atoms with Crippen LogP contribution in [-0.2, 0) is 0 Å². The molecular formula is C36H64. The van der Waals surface area contributed by atoms with Gasteiger partial charge in [-0.2, -0.15) is 0 Å². The van der Waals surface area contributed by atoms with Crippen LogP contribution >= 0.6 is 0 Å². The van der Waals surface area contributed by atoms with Gasteiger partial charge in [-0.3, -0.25) is 0 Å². The molecule has 0 N–H and O–H groups in total. The molecule has 1 unspecified atom stereocenters. The van der Waals surface area contributed by atoms with E-state index in [0.717, 1.165) is 35.5 Å². The highest BCUT2D eigenvalue weighted by molar-refractivity contribution is 5.25.